The molecule has 0 aromatic carbocycles. The van der Waals surface area contributed by atoms with E-state index < -0.39 is 5.97 Å². The molecule has 1 saturated carbocycles. The van der Waals surface area contributed by atoms with E-state index in [0.717, 1.165) is 26.2 Å². The minimum Gasteiger partial charge on any atom is -0.481 e. The van der Waals surface area contributed by atoms with Gasteiger partial charge < -0.3 is 10.8 Å². The number of ketones is 1. The molecule has 4 nitrogen and oxygen atoms in total. The van der Waals surface area contributed by atoms with Crippen LogP contribution in [-0.4, -0.2) is 22.9 Å². The van der Waals surface area contributed by atoms with Crippen LogP contribution in [0.5, 0.6) is 0 Å². The van der Waals surface area contributed by atoms with Crippen LogP contribution < -0.4 is 5.73 Å². The number of carbonyl (C=O) groups is 2. The highest BCUT2D eigenvalue weighted by atomic mass is 16.4. The first-order valence-electron chi connectivity index (χ1n) is 4.02. The molecule has 1 unspecified atom stereocenters. The van der Waals surface area contributed by atoms with Gasteiger partial charge in [-0.1, -0.05) is 6.42 Å². The summed E-state index contributed by atoms with van der Waals surface area (Å²) >= 11 is 0. The Balaban J connectivity index is 0.000000261. The van der Waals surface area contributed by atoms with Crippen molar-refractivity contribution in [2.75, 3.05) is 0 Å². The van der Waals surface area contributed by atoms with Gasteiger partial charge in [0.15, 0.2) is 0 Å². The second kappa shape index (κ2) is 5.71. The Labute approximate surface area is 71.8 Å². The van der Waals surface area contributed by atoms with Crippen LogP contribution in [-0.2, 0) is 9.59 Å². The smallest absolute Gasteiger partial charge is 0.300 e. The minimum absolute atomic E-state index is 0.135. The summed E-state index contributed by atoms with van der Waals surface area (Å²) in [5.41, 5.74) is 5.43. The van der Waals surface area contributed by atoms with Crippen molar-refractivity contribution >= 4 is 11.8 Å². The monoisotopic (exact) mass is 173 g/mol. The molecule has 0 saturated heterocycles. The predicted molar refractivity (Wildman–Crippen MR) is 44.8 cm³/mol. The highest BCUT2D eigenvalue weighted by Gasteiger charge is 2.16. The molecule has 1 aliphatic carbocycles. The fraction of sp³-hybridized carbons (Fsp3) is 0.750. The third-order valence-electron chi connectivity index (χ3n) is 1.60. The fourth-order valence-corrected chi connectivity index (χ4v) is 1.01. The summed E-state index contributed by atoms with van der Waals surface area (Å²) in [6.07, 6.45) is 3.79. The van der Waals surface area contributed by atoms with Crippen molar-refractivity contribution in [2.45, 2.75) is 38.6 Å². The quantitative estimate of drug-likeness (QED) is 0.560. The van der Waals surface area contributed by atoms with Crippen LogP contribution in [0.3, 0.4) is 0 Å². The van der Waals surface area contributed by atoms with Crippen LogP contribution in [0.2, 0.25) is 0 Å². The van der Waals surface area contributed by atoms with E-state index in [1.54, 1.807) is 0 Å². The van der Waals surface area contributed by atoms with Gasteiger partial charge in [0.25, 0.3) is 5.97 Å². The first kappa shape index (κ1) is 11.1. The molecule has 1 atom stereocenters. The molecule has 12 heavy (non-hydrogen) atoms. The van der Waals surface area contributed by atoms with Crippen LogP contribution in [0.25, 0.3) is 0 Å². The first-order chi connectivity index (χ1) is 5.54. The second-order valence-electron chi connectivity index (χ2n) is 2.84. The molecule has 70 valence electrons. The van der Waals surface area contributed by atoms with Gasteiger partial charge in [-0.2, -0.15) is 0 Å². The molecule has 0 aliphatic heterocycles. The average molecular weight is 173 g/mol. The van der Waals surface area contributed by atoms with Crippen LogP contribution in [0.4, 0.5) is 0 Å². The fourth-order valence-electron chi connectivity index (χ4n) is 1.01. The van der Waals surface area contributed by atoms with Gasteiger partial charge in [-0.05, 0) is 12.8 Å². The molecule has 0 amide bonds. The number of carboxylic acid groups (broad SMARTS) is 1. The van der Waals surface area contributed by atoms with Crippen LogP contribution in [0, 0.1) is 0 Å². The van der Waals surface area contributed by atoms with Crippen molar-refractivity contribution in [3.8, 4) is 0 Å². The second-order valence-corrected chi connectivity index (χ2v) is 2.84. The number of nitrogens with two attached hydrogens (primary N) is 1. The molecule has 3 N–H and O–H groups in total. The van der Waals surface area contributed by atoms with Crippen molar-refractivity contribution in [3.63, 3.8) is 0 Å². The Morgan fingerprint density at radius 1 is 1.58 bits per heavy atom. The highest BCUT2D eigenvalue weighted by Crippen LogP contribution is 2.11. The summed E-state index contributed by atoms with van der Waals surface area (Å²) in [6.45, 7) is 1.08. The van der Waals surface area contributed by atoms with E-state index in [1.165, 1.54) is 0 Å². The summed E-state index contributed by atoms with van der Waals surface area (Å²) in [5, 5.41) is 7.42. The predicted octanol–water partition coefficient (Wildman–Crippen LogP) is 0.548. The maximum Gasteiger partial charge on any atom is 0.300 e. The lowest BCUT2D eigenvalue weighted by Crippen LogP contribution is -2.32. The number of carboxylic acids is 1. The Morgan fingerprint density at radius 2 is 2.08 bits per heavy atom. The van der Waals surface area contributed by atoms with E-state index in [9.17, 15) is 4.79 Å². The maximum atomic E-state index is 10.7. The van der Waals surface area contributed by atoms with Gasteiger partial charge in [0, 0.05) is 13.3 Å². The van der Waals surface area contributed by atoms with Gasteiger partial charge in [0.05, 0.1) is 6.04 Å². The number of Topliss-reactive ketones (excluding diaryl/α,β-unsaturated/α-hetero) is 1. The highest BCUT2D eigenvalue weighted by molar-refractivity contribution is 5.84. The summed E-state index contributed by atoms with van der Waals surface area (Å²) in [5.74, 6) is -0.587. The lowest BCUT2D eigenvalue weighted by Gasteiger charge is -2.14. The minimum atomic E-state index is -0.833. The summed E-state index contributed by atoms with van der Waals surface area (Å²) in [6, 6.07) is -0.135. The standard InChI is InChI=1S/C6H11NO.C2H4O2/c7-5-3-1-2-4-6(5)8;1-2(3)4/h5H,1-4,7H2;1H3,(H,3,4). The zero-order valence-corrected chi connectivity index (χ0v) is 7.25. The van der Waals surface area contributed by atoms with E-state index in [1.807, 2.05) is 0 Å². The van der Waals surface area contributed by atoms with Gasteiger partial charge in [-0.15, -0.1) is 0 Å². The van der Waals surface area contributed by atoms with E-state index in [0.29, 0.717) is 6.42 Å². The number of carbonyl (C=O) groups excluding carboxylic acids is 1. The first-order valence-corrected chi connectivity index (χ1v) is 4.02. The molecule has 0 spiro atoms. The SMILES string of the molecule is CC(=O)O.NC1CCCCC1=O. The topological polar surface area (TPSA) is 80.4 Å². The number of aliphatic carboxylic acids is 1. The molecule has 0 heterocycles. The Hall–Kier alpha value is -0.900. The van der Waals surface area contributed by atoms with Crippen LogP contribution >= 0.6 is 0 Å². The molecule has 0 bridgehead atoms. The average Bonchev–Trinajstić information content (AvgIpc) is 1.94. The zero-order chi connectivity index (χ0) is 9.56. The van der Waals surface area contributed by atoms with Gasteiger partial charge >= 0.3 is 0 Å². The van der Waals surface area contributed by atoms with E-state index in [-0.39, 0.29) is 11.8 Å². The molecule has 1 rings (SSSR count). The van der Waals surface area contributed by atoms with Crippen LogP contribution in [0.15, 0.2) is 0 Å². The lowest BCUT2D eigenvalue weighted by atomic mass is 9.95. The number of rotatable bonds is 0. The largest absolute Gasteiger partial charge is 0.481 e. The normalized spacial score (nSPS) is 22.5. The van der Waals surface area contributed by atoms with E-state index in [4.69, 9.17) is 15.6 Å². The van der Waals surface area contributed by atoms with E-state index >= 15 is 0 Å². The third kappa shape index (κ3) is 5.85. The molecular formula is C8H15NO3. The van der Waals surface area contributed by atoms with Crippen molar-refractivity contribution in [1.29, 1.82) is 0 Å². The molecule has 0 radical (unpaired) electrons. The van der Waals surface area contributed by atoms with Gasteiger partial charge in [-0.25, -0.2) is 0 Å². The molecule has 1 fully saturated rings. The lowest BCUT2D eigenvalue weighted by molar-refractivity contribution is -0.134. The summed E-state index contributed by atoms with van der Waals surface area (Å²) < 4.78 is 0. The Kier molecular flexibility index (Phi) is 5.28. The van der Waals surface area contributed by atoms with Crippen molar-refractivity contribution < 1.29 is 14.7 Å². The van der Waals surface area contributed by atoms with Gasteiger partial charge in [0.1, 0.15) is 5.78 Å². The molecule has 0 aromatic heterocycles. The molecule has 4 heteroatoms. The third-order valence-corrected chi connectivity index (χ3v) is 1.60. The van der Waals surface area contributed by atoms with E-state index in [2.05, 4.69) is 0 Å². The maximum absolute atomic E-state index is 10.7. The zero-order valence-electron chi connectivity index (χ0n) is 7.25. The molecular weight excluding hydrogens is 158 g/mol. The summed E-state index contributed by atoms with van der Waals surface area (Å²) in [4.78, 5) is 19.7. The molecule has 0 aromatic rings. The van der Waals surface area contributed by atoms with Gasteiger partial charge in [-0.3, -0.25) is 9.59 Å². The summed E-state index contributed by atoms with van der Waals surface area (Å²) in [7, 11) is 0. The number of hydrogen-bond acceptors (Lipinski definition) is 3. The number of hydrogen-bond donors (Lipinski definition) is 2. The van der Waals surface area contributed by atoms with Crippen molar-refractivity contribution in [2.24, 2.45) is 5.73 Å². The molecule has 1 aliphatic rings. The van der Waals surface area contributed by atoms with Crippen molar-refractivity contribution in [1.82, 2.24) is 0 Å². The Bertz CT molecular complexity index is 164. The van der Waals surface area contributed by atoms with Crippen LogP contribution in [0.1, 0.15) is 32.6 Å². The Morgan fingerprint density at radius 3 is 2.33 bits per heavy atom. The van der Waals surface area contributed by atoms with Crippen molar-refractivity contribution in [3.05, 3.63) is 0 Å². The van der Waals surface area contributed by atoms with Gasteiger partial charge in [0.2, 0.25) is 0 Å².